The van der Waals surface area contributed by atoms with Gasteiger partial charge in [0.25, 0.3) is 5.91 Å². The Bertz CT molecular complexity index is 400. The average molecular weight is 262 g/mol. The molecule has 0 radical (unpaired) electrons. The molecular weight excluding hydrogens is 240 g/mol. The van der Waals surface area contributed by atoms with Crippen LogP contribution in [-0.4, -0.2) is 29.2 Å². The van der Waals surface area contributed by atoms with Crippen LogP contribution in [0.2, 0.25) is 0 Å². The number of carbonyl (C=O) groups is 1. The Kier molecular flexibility index (Phi) is 5.12. The minimum atomic E-state index is -0.134. The summed E-state index contributed by atoms with van der Waals surface area (Å²) in [4.78, 5) is 11.8. The number of carbonyl (C=O) groups excluding carboxylic acids is 1. The fourth-order valence-corrected chi connectivity index (χ4v) is 1.89. The standard InChI is InChI=1S/C14H22N4O/c1-2-9-15-13-8-7-12(17-18-13)14(19)16-10-3-4-11-5-6-11/h7-8,11H,2-6,9-10H2,1H3,(H,15,18)(H,16,19). The summed E-state index contributed by atoms with van der Waals surface area (Å²) in [6, 6.07) is 3.50. The maximum Gasteiger partial charge on any atom is 0.271 e. The second-order valence-electron chi connectivity index (χ2n) is 5.07. The number of rotatable bonds is 8. The number of aromatic nitrogens is 2. The lowest BCUT2D eigenvalue weighted by atomic mass is 10.2. The molecule has 0 aliphatic heterocycles. The first-order valence-corrected chi connectivity index (χ1v) is 7.15. The van der Waals surface area contributed by atoms with E-state index in [0.29, 0.717) is 11.5 Å². The lowest BCUT2D eigenvalue weighted by Gasteiger charge is -2.05. The number of nitrogens with one attached hydrogen (secondary N) is 2. The van der Waals surface area contributed by atoms with Gasteiger partial charge in [-0.3, -0.25) is 4.79 Å². The molecule has 2 rings (SSSR count). The zero-order chi connectivity index (χ0) is 13.5. The molecule has 2 N–H and O–H groups in total. The highest BCUT2D eigenvalue weighted by atomic mass is 16.1. The third-order valence-electron chi connectivity index (χ3n) is 3.22. The Hall–Kier alpha value is -1.65. The van der Waals surface area contributed by atoms with Crippen LogP contribution in [-0.2, 0) is 0 Å². The SMILES string of the molecule is CCCNc1ccc(C(=O)NCCCC2CC2)nn1. The molecule has 1 aromatic heterocycles. The lowest BCUT2D eigenvalue weighted by molar-refractivity contribution is 0.0947. The minimum absolute atomic E-state index is 0.134. The maximum absolute atomic E-state index is 11.8. The van der Waals surface area contributed by atoms with E-state index in [1.807, 2.05) is 0 Å². The van der Waals surface area contributed by atoms with Crippen LogP contribution in [0.4, 0.5) is 5.82 Å². The number of amides is 1. The number of hydrogen-bond donors (Lipinski definition) is 2. The van der Waals surface area contributed by atoms with Gasteiger partial charge in [-0.15, -0.1) is 10.2 Å². The minimum Gasteiger partial charge on any atom is -0.369 e. The molecule has 5 heteroatoms. The van der Waals surface area contributed by atoms with Crippen molar-refractivity contribution in [2.45, 2.75) is 39.0 Å². The molecule has 104 valence electrons. The molecular formula is C14H22N4O. The van der Waals surface area contributed by atoms with E-state index in [-0.39, 0.29) is 5.91 Å². The maximum atomic E-state index is 11.8. The van der Waals surface area contributed by atoms with Crippen molar-refractivity contribution in [3.63, 3.8) is 0 Å². The van der Waals surface area contributed by atoms with Gasteiger partial charge in [-0.1, -0.05) is 19.8 Å². The molecule has 0 atom stereocenters. The van der Waals surface area contributed by atoms with Gasteiger partial charge in [-0.05, 0) is 37.3 Å². The van der Waals surface area contributed by atoms with Crippen molar-refractivity contribution in [2.75, 3.05) is 18.4 Å². The third kappa shape index (κ3) is 4.85. The normalized spacial score (nSPS) is 14.2. The Morgan fingerprint density at radius 3 is 2.79 bits per heavy atom. The molecule has 5 nitrogen and oxygen atoms in total. The molecule has 1 saturated carbocycles. The summed E-state index contributed by atoms with van der Waals surface area (Å²) in [7, 11) is 0. The monoisotopic (exact) mass is 262 g/mol. The van der Waals surface area contributed by atoms with Gasteiger partial charge in [0.2, 0.25) is 0 Å². The first-order valence-electron chi connectivity index (χ1n) is 7.15. The first-order chi connectivity index (χ1) is 9.29. The van der Waals surface area contributed by atoms with Crippen molar-refractivity contribution in [2.24, 2.45) is 5.92 Å². The summed E-state index contributed by atoms with van der Waals surface area (Å²) in [6.45, 7) is 3.68. The van der Waals surface area contributed by atoms with Crippen LogP contribution in [0.1, 0.15) is 49.5 Å². The molecule has 1 heterocycles. The highest BCUT2D eigenvalue weighted by Gasteiger charge is 2.20. The van der Waals surface area contributed by atoms with Crippen LogP contribution >= 0.6 is 0 Å². The van der Waals surface area contributed by atoms with E-state index in [4.69, 9.17) is 0 Å². The second-order valence-corrected chi connectivity index (χ2v) is 5.07. The van der Waals surface area contributed by atoms with Crippen LogP contribution < -0.4 is 10.6 Å². The predicted molar refractivity (Wildman–Crippen MR) is 75.1 cm³/mol. The molecule has 0 spiro atoms. The number of hydrogen-bond acceptors (Lipinski definition) is 4. The van der Waals surface area contributed by atoms with Gasteiger partial charge in [-0.25, -0.2) is 0 Å². The van der Waals surface area contributed by atoms with Crippen molar-refractivity contribution < 1.29 is 4.79 Å². The molecule has 1 aliphatic rings. The fraction of sp³-hybridized carbons (Fsp3) is 0.643. The van der Waals surface area contributed by atoms with Gasteiger partial charge >= 0.3 is 0 Å². The molecule has 1 fully saturated rings. The Morgan fingerprint density at radius 1 is 1.32 bits per heavy atom. The Labute approximate surface area is 114 Å². The average Bonchev–Trinajstić information content (AvgIpc) is 3.26. The van der Waals surface area contributed by atoms with E-state index < -0.39 is 0 Å². The van der Waals surface area contributed by atoms with Gasteiger partial charge in [0, 0.05) is 13.1 Å². The zero-order valence-corrected chi connectivity index (χ0v) is 11.5. The molecule has 1 aliphatic carbocycles. The summed E-state index contributed by atoms with van der Waals surface area (Å²) in [5, 5.41) is 13.9. The van der Waals surface area contributed by atoms with Crippen LogP contribution in [0.15, 0.2) is 12.1 Å². The van der Waals surface area contributed by atoms with Crippen molar-refractivity contribution in [1.29, 1.82) is 0 Å². The molecule has 0 aromatic carbocycles. The van der Waals surface area contributed by atoms with Crippen molar-refractivity contribution >= 4 is 11.7 Å². The second kappa shape index (κ2) is 7.07. The highest BCUT2D eigenvalue weighted by Crippen LogP contribution is 2.33. The van der Waals surface area contributed by atoms with Gasteiger partial charge in [-0.2, -0.15) is 0 Å². The van der Waals surface area contributed by atoms with Crippen molar-refractivity contribution in [1.82, 2.24) is 15.5 Å². The highest BCUT2D eigenvalue weighted by molar-refractivity contribution is 5.92. The first kappa shape index (κ1) is 13.8. The van der Waals surface area contributed by atoms with E-state index in [9.17, 15) is 4.79 Å². The van der Waals surface area contributed by atoms with Gasteiger partial charge < -0.3 is 10.6 Å². The summed E-state index contributed by atoms with van der Waals surface area (Å²) in [5.41, 5.74) is 0.383. The predicted octanol–water partition coefficient (Wildman–Crippen LogP) is 2.22. The molecule has 1 amide bonds. The number of nitrogens with zero attached hydrogens (tertiary/aromatic N) is 2. The lowest BCUT2D eigenvalue weighted by Crippen LogP contribution is -2.25. The smallest absolute Gasteiger partial charge is 0.271 e. The van der Waals surface area contributed by atoms with E-state index in [1.165, 1.54) is 19.3 Å². The van der Waals surface area contributed by atoms with Crippen LogP contribution in [0.25, 0.3) is 0 Å². The molecule has 19 heavy (non-hydrogen) atoms. The van der Waals surface area contributed by atoms with Crippen molar-refractivity contribution in [3.05, 3.63) is 17.8 Å². The van der Waals surface area contributed by atoms with E-state index in [2.05, 4.69) is 27.8 Å². The zero-order valence-electron chi connectivity index (χ0n) is 11.5. The van der Waals surface area contributed by atoms with Crippen LogP contribution in [0.5, 0.6) is 0 Å². The Balaban J connectivity index is 1.71. The summed E-state index contributed by atoms with van der Waals surface area (Å²) in [6.07, 6.45) is 6.05. The number of anilines is 1. The summed E-state index contributed by atoms with van der Waals surface area (Å²) in [5.74, 6) is 1.50. The van der Waals surface area contributed by atoms with Gasteiger partial charge in [0.1, 0.15) is 5.82 Å². The van der Waals surface area contributed by atoms with Crippen LogP contribution in [0.3, 0.4) is 0 Å². The van der Waals surface area contributed by atoms with Crippen LogP contribution in [0, 0.1) is 5.92 Å². The van der Waals surface area contributed by atoms with Gasteiger partial charge in [0.15, 0.2) is 5.69 Å². The topological polar surface area (TPSA) is 66.9 Å². The summed E-state index contributed by atoms with van der Waals surface area (Å²) < 4.78 is 0. The quantitative estimate of drug-likeness (QED) is 0.705. The van der Waals surface area contributed by atoms with E-state index >= 15 is 0 Å². The van der Waals surface area contributed by atoms with E-state index in [1.54, 1.807) is 12.1 Å². The van der Waals surface area contributed by atoms with E-state index in [0.717, 1.165) is 31.8 Å². The molecule has 0 unspecified atom stereocenters. The largest absolute Gasteiger partial charge is 0.369 e. The van der Waals surface area contributed by atoms with Crippen molar-refractivity contribution in [3.8, 4) is 0 Å². The van der Waals surface area contributed by atoms with Gasteiger partial charge in [0.05, 0.1) is 0 Å². The third-order valence-corrected chi connectivity index (χ3v) is 3.22. The summed E-state index contributed by atoms with van der Waals surface area (Å²) >= 11 is 0. The fourth-order valence-electron chi connectivity index (χ4n) is 1.89. The molecule has 0 saturated heterocycles. The Morgan fingerprint density at radius 2 is 2.16 bits per heavy atom. The molecule has 0 bridgehead atoms. The molecule has 1 aromatic rings.